The monoisotopic (exact) mass is 433 g/mol. The van der Waals surface area contributed by atoms with Crippen LogP contribution in [0.15, 0.2) is 60.7 Å². The van der Waals surface area contributed by atoms with Gasteiger partial charge in [0.2, 0.25) is 5.91 Å². The van der Waals surface area contributed by atoms with Crippen LogP contribution in [0, 0.1) is 0 Å². The van der Waals surface area contributed by atoms with Gasteiger partial charge in [0.15, 0.2) is 0 Å². The fourth-order valence-electron chi connectivity index (χ4n) is 2.81. The van der Waals surface area contributed by atoms with E-state index < -0.39 is 25.6 Å². The summed E-state index contributed by atoms with van der Waals surface area (Å²) in [6, 6.07) is 18.4. The second-order valence-corrected chi connectivity index (χ2v) is 8.66. The molecule has 162 valence electrons. The predicted octanol–water partition coefficient (Wildman–Crippen LogP) is 3.11. The summed E-state index contributed by atoms with van der Waals surface area (Å²) in [5.74, 6) is -0.967. The lowest BCUT2D eigenvalue weighted by atomic mass is 10.1. The summed E-state index contributed by atoms with van der Waals surface area (Å²) in [4.78, 5) is 34.4. The molecule has 2 aromatic carbocycles. The topological polar surface area (TPSA) is 102 Å². The molecule has 1 unspecified atom stereocenters. The van der Waals surface area contributed by atoms with Gasteiger partial charge in [-0.25, -0.2) is 0 Å². The molecule has 0 aliphatic rings. The average Bonchev–Trinajstić information content (AvgIpc) is 2.73. The van der Waals surface area contributed by atoms with Crippen molar-refractivity contribution < 1.29 is 28.3 Å². The molecule has 0 bridgehead atoms. The Morgan fingerprint density at radius 3 is 2.23 bits per heavy atom. The standard InChI is InChI=1S/C22H28NO6P/c1-2-28-21(24)13-15-23-22(25)20(17-19-11-7-4-8-12-19)29-30(26,27)16-14-18-9-5-3-6-10-18/h3-12,20H,2,13-17H2,1H3,(H,23,25)(H,26,27)/t20-/m0/s1. The molecule has 0 heterocycles. The third kappa shape index (κ3) is 8.91. The van der Waals surface area contributed by atoms with E-state index in [1.807, 2.05) is 60.7 Å². The summed E-state index contributed by atoms with van der Waals surface area (Å²) >= 11 is 0. The molecule has 0 aliphatic carbocycles. The molecule has 0 radical (unpaired) electrons. The predicted molar refractivity (Wildman–Crippen MR) is 114 cm³/mol. The highest BCUT2D eigenvalue weighted by Crippen LogP contribution is 2.44. The third-order valence-corrected chi connectivity index (χ3v) is 5.68. The van der Waals surface area contributed by atoms with Crippen molar-refractivity contribution in [3.63, 3.8) is 0 Å². The van der Waals surface area contributed by atoms with Crippen molar-refractivity contribution in [3.05, 3.63) is 71.8 Å². The summed E-state index contributed by atoms with van der Waals surface area (Å²) in [6.45, 7) is 2.03. The number of carbonyl (C=O) groups excluding carboxylic acids is 2. The van der Waals surface area contributed by atoms with Crippen LogP contribution in [0.2, 0.25) is 0 Å². The Morgan fingerprint density at radius 2 is 1.63 bits per heavy atom. The summed E-state index contributed by atoms with van der Waals surface area (Å²) < 4.78 is 22.9. The van der Waals surface area contributed by atoms with Gasteiger partial charge in [0.05, 0.1) is 19.2 Å². The fraction of sp³-hybridized carbons (Fsp3) is 0.364. The molecule has 8 heteroatoms. The van der Waals surface area contributed by atoms with E-state index in [0.29, 0.717) is 6.42 Å². The molecule has 2 N–H and O–H groups in total. The van der Waals surface area contributed by atoms with E-state index in [-0.39, 0.29) is 32.2 Å². The van der Waals surface area contributed by atoms with Crippen molar-refractivity contribution in [1.29, 1.82) is 0 Å². The minimum Gasteiger partial charge on any atom is -0.466 e. The first kappa shape index (κ1) is 23.8. The lowest BCUT2D eigenvalue weighted by Crippen LogP contribution is -2.38. The largest absolute Gasteiger partial charge is 0.466 e. The minimum absolute atomic E-state index is 0.0163. The third-order valence-electron chi connectivity index (χ3n) is 4.31. The molecule has 0 fully saturated rings. The Kier molecular flexibility index (Phi) is 9.74. The summed E-state index contributed by atoms with van der Waals surface area (Å²) in [6.07, 6.45) is -0.735. The molecule has 2 atom stereocenters. The number of rotatable bonds is 12. The van der Waals surface area contributed by atoms with Crippen LogP contribution in [0.1, 0.15) is 24.5 Å². The summed E-state index contributed by atoms with van der Waals surface area (Å²) in [7, 11) is -4.02. The Morgan fingerprint density at radius 1 is 1.03 bits per heavy atom. The molecule has 0 aliphatic heterocycles. The van der Waals surface area contributed by atoms with Gasteiger partial charge in [0, 0.05) is 13.0 Å². The number of esters is 1. The molecule has 7 nitrogen and oxygen atoms in total. The zero-order chi connectivity index (χ0) is 21.8. The SMILES string of the molecule is CCOC(=O)CCNC(=O)[C@H](Cc1ccccc1)OP(=O)(O)CCc1ccccc1. The molecule has 2 aromatic rings. The van der Waals surface area contributed by atoms with E-state index in [1.54, 1.807) is 6.92 Å². The molecule has 0 spiro atoms. The summed E-state index contributed by atoms with van der Waals surface area (Å²) in [5, 5.41) is 2.59. The van der Waals surface area contributed by atoms with Crippen molar-refractivity contribution in [1.82, 2.24) is 5.32 Å². The molecular weight excluding hydrogens is 405 g/mol. The quantitative estimate of drug-likeness (QED) is 0.394. The highest BCUT2D eigenvalue weighted by Gasteiger charge is 2.29. The maximum Gasteiger partial charge on any atom is 0.329 e. The smallest absolute Gasteiger partial charge is 0.329 e. The molecule has 2 rings (SSSR count). The van der Waals surface area contributed by atoms with Gasteiger partial charge in [0.1, 0.15) is 6.10 Å². The van der Waals surface area contributed by atoms with Gasteiger partial charge in [-0.15, -0.1) is 0 Å². The normalized spacial score (nSPS) is 13.8. The van der Waals surface area contributed by atoms with Crippen LogP contribution in [0.4, 0.5) is 0 Å². The number of aryl methyl sites for hydroxylation is 1. The first-order chi connectivity index (χ1) is 14.4. The molecule has 0 aromatic heterocycles. The highest BCUT2D eigenvalue weighted by atomic mass is 31.2. The van der Waals surface area contributed by atoms with E-state index in [2.05, 4.69) is 5.32 Å². The van der Waals surface area contributed by atoms with E-state index in [9.17, 15) is 19.0 Å². The average molecular weight is 433 g/mol. The number of hydrogen-bond acceptors (Lipinski definition) is 5. The van der Waals surface area contributed by atoms with Gasteiger partial charge in [0.25, 0.3) is 0 Å². The maximum atomic E-state index is 12.6. The van der Waals surface area contributed by atoms with Gasteiger partial charge in [-0.3, -0.25) is 18.7 Å². The van der Waals surface area contributed by atoms with Gasteiger partial charge in [-0.05, 0) is 24.5 Å². The summed E-state index contributed by atoms with van der Waals surface area (Å²) in [5.41, 5.74) is 1.71. The second-order valence-electron chi connectivity index (χ2n) is 6.73. The van der Waals surface area contributed by atoms with Crippen molar-refractivity contribution in [2.75, 3.05) is 19.3 Å². The van der Waals surface area contributed by atoms with Crippen LogP contribution < -0.4 is 5.32 Å². The van der Waals surface area contributed by atoms with Crippen LogP contribution in [-0.2, 0) is 36.3 Å². The van der Waals surface area contributed by atoms with Crippen LogP contribution in [-0.4, -0.2) is 42.2 Å². The van der Waals surface area contributed by atoms with Crippen LogP contribution in [0.3, 0.4) is 0 Å². The van der Waals surface area contributed by atoms with Gasteiger partial charge in [-0.2, -0.15) is 0 Å². The van der Waals surface area contributed by atoms with E-state index in [1.165, 1.54) is 0 Å². The fourth-order valence-corrected chi connectivity index (χ4v) is 4.02. The first-order valence-electron chi connectivity index (χ1n) is 9.91. The highest BCUT2D eigenvalue weighted by molar-refractivity contribution is 7.52. The van der Waals surface area contributed by atoms with Gasteiger partial charge >= 0.3 is 13.6 Å². The van der Waals surface area contributed by atoms with Crippen molar-refractivity contribution in [2.24, 2.45) is 0 Å². The minimum atomic E-state index is -4.02. The maximum absolute atomic E-state index is 12.6. The van der Waals surface area contributed by atoms with E-state index in [4.69, 9.17) is 9.26 Å². The number of carbonyl (C=O) groups is 2. The Labute approximate surface area is 176 Å². The zero-order valence-corrected chi connectivity index (χ0v) is 17.9. The Bertz CT molecular complexity index is 843. The van der Waals surface area contributed by atoms with Crippen LogP contribution in [0.5, 0.6) is 0 Å². The number of nitrogens with one attached hydrogen (secondary N) is 1. The molecule has 0 saturated heterocycles. The molecule has 0 saturated carbocycles. The van der Waals surface area contributed by atoms with Crippen LogP contribution in [0.25, 0.3) is 0 Å². The number of benzene rings is 2. The molecule has 30 heavy (non-hydrogen) atoms. The van der Waals surface area contributed by atoms with Gasteiger partial charge in [-0.1, -0.05) is 60.7 Å². The number of amides is 1. The van der Waals surface area contributed by atoms with Crippen LogP contribution >= 0.6 is 7.60 Å². The Balaban J connectivity index is 1.99. The van der Waals surface area contributed by atoms with E-state index >= 15 is 0 Å². The number of ether oxygens (including phenoxy) is 1. The lowest BCUT2D eigenvalue weighted by Gasteiger charge is -2.21. The van der Waals surface area contributed by atoms with Gasteiger partial charge < -0.3 is 14.9 Å². The van der Waals surface area contributed by atoms with E-state index in [0.717, 1.165) is 11.1 Å². The zero-order valence-electron chi connectivity index (χ0n) is 17.0. The lowest BCUT2D eigenvalue weighted by molar-refractivity contribution is -0.143. The molecular formula is C22H28NO6P. The van der Waals surface area contributed by atoms with Crippen molar-refractivity contribution >= 4 is 19.5 Å². The van der Waals surface area contributed by atoms with Crippen molar-refractivity contribution in [2.45, 2.75) is 32.3 Å². The number of hydrogen-bond donors (Lipinski definition) is 2. The first-order valence-corrected chi connectivity index (χ1v) is 11.7. The van der Waals surface area contributed by atoms with Crippen molar-refractivity contribution in [3.8, 4) is 0 Å². The molecule has 1 amide bonds. The second kappa shape index (κ2) is 12.3. The Hall–Kier alpha value is -2.47.